The number of sulfonamides is 1. The summed E-state index contributed by atoms with van der Waals surface area (Å²) in [7, 11) is -3.53. The Kier molecular flexibility index (Phi) is 5.59. The van der Waals surface area contributed by atoms with Crippen LogP contribution in [0.25, 0.3) is 10.9 Å². The quantitative estimate of drug-likeness (QED) is 0.607. The lowest BCUT2D eigenvalue weighted by molar-refractivity contribution is -0.137. The van der Waals surface area contributed by atoms with E-state index < -0.39 is 33.4 Å². The standard InChI is InChI=1S/C20H22F3N3O3S/c1-4-19(13(2)27,14-8-10-15(11-9-14)20(21,22)23)26-18-7-5-6-17(16(18)12-24-26)25-30(3,28)29/h5-13,25,27H,4H2,1-3H3. The lowest BCUT2D eigenvalue weighted by atomic mass is 9.82. The van der Waals surface area contributed by atoms with E-state index in [1.54, 1.807) is 36.7 Å². The van der Waals surface area contributed by atoms with E-state index in [1.807, 2.05) is 0 Å². The molecule has 0 saturated heterocycles. The molecule has 2 atom stereocenters. The van der Waals surface area contributed by atoms with E-state index in [0.29, 0.717) is 28.6 Å². The number of fused-ring (bicyclic) bond motifs is 1. The minimum absolute atomic E-state index is 0.323. The molecular weight excluding hydrogens is 419 g/mol. The predicted molar refractivity (Wildman–Crippen MR) is 109 cm³/mol. The summed E-state index contributed by atoms with van der Waals surface area (Å²) in [6, 6.07) is 9.57. The molecule has 6 nitrogen and oxygen atoms in total. The third-order valence-electron chi connectivity index (χ3n) is 5.23. The highest BCUT2D eigenvalue weighted by molar-refractivity contribution is 7.92. The van der Waals surface area contributed by atoms with Crippen molar-refractivity contribution in [1.82, 2.24) is 9.78 Å². The molecule has 2 aromatic carbocycles. The van der Waals surface area contributed by atoms with Gasteiger partial charge in [-0.25, -0.2) is 8.42 Å². The SMILES string of the molecule is CCC(c1ccc(C(F)(F)F)cc1)(C(C)O)n1ncc2c(NS(C)(=O)=O)cccc21. The van der Waals surface area contributed by atoms with Gasteiger partial charge < -0.3 is 5.11 Å². The van der Waals surface area contributed by atoms with Crippen LogP contribution in [0.5, 0.6) is 0 Å². The average molecular weight is 441 g/mol. The van der Waals surface area contributed by atoms with E-state index in [9.17, 15) is 26.7 Å². The number of aromatic nitrogens is 2. The first-order chi connectivity index (χ1) is 13.9. The molecule has 3 aromatic rings. The number of alkyl halides is 3. The maximum atomic E-state index is 13.0. The normalized spacial score (nSPS) is 15.7. The summed E-state index contributed by atoms with van der Waals surface area (Å²) in [4.78, 5) is 0. The highest BCUT2D eigenvalue weighted by atomic mass is 32.2. The number of aliphatic hydroxyl groups excluding tert-OH is 1. The number of anilines is 1. The summed E-state index contributed by atoms with van der Waals surface area (Å²) in [5.74, 6) is 0. The Balaban J connectivity index is 2.22. The van der Waals surface area contributed by atoms with Crippen LogP contribution in [0.2, 0.25) is 0 Å². The molecule has 0 aliphatic rings. The van der Waals surface area contributed by atoms with Crippen LogP contribution in [0, 0.1) is 0 Å². The number of hydrogen-bond donors (Lipinski definition) is 2. The van der Waals surface area contributed by atoms with Crippen molar-refractivity contribution in [3.05, 3.63) is 59.8 Å². The molecule has 3 rings (SSSR count). The lowest BCUT2D eigenvalue weighted by Gasteiger charge is -2.37. The Bertz CT molecular complexity index is 1160. The van der Waals surface area contributed by atoms with Gasteiger partial charge in [-0.3, -0.25) is 9.40 Å². The van der Waals surface area contributed by atoms with Crippen molar-refractivity contribution >= 4 is 26.6 Å². The van der Waals surface area contributed by atoms with Gasteiger partial charge in [0.2, 0.25) is 10.0 Å². The zero-order valence-electron chi connectivity index (χ0n) is 16.6. The average Bonchev–Trinajstić information content (AvgIpc) is 3.07. The second-order valence-electron chi connectivity index (χ2n) is 7.20. The molecule has 0 bridgehead atoms. The molecule has 1 heterocycles. The monoisotopic (exact) mass is 441 g/mol. The van der Waals surface area contributed by atoms with Crippen LogP contribution in [0.15, 0.2) is 48.7 Å². The van der Waals surface area contributed by atoms with E-state index in [-0.39, 0.29) is 0 Å². The molecule has 30 heavy (non-hydrogen) atoms. The number of nitrogens with one attached hydrogen (secondary N) is 1. The van der Waals surface area contributed by atoms with Crippen LogP contribution in [-0.4, -0.2) is 35.7 Å². The predicted octanol–water partition coefficient (Wildman–Crippen LogP) is 3.96. The van der Waals surface area contributed by atoms with Gasteiger partial charge in [0.25, 0.3) is 0 Å². The van der Waals surface area contributed by atoms with Crippen molar-refractivity contribution in [2.24, 2.45) is 0 Å². The molecule has 1 aromatic heterocycles. The van der Waals surface area contributed by atoms with Gasteiger partial charge in [0, 0.05) is 5.39 Å². The molecule has 2 unspecified atom stereocenters. The molecule has 0 saturated carbocycles. The van der Waals surface area contributed by atoms with E-state index in [4.69, 9.17) is 0 Å². The second-order valence-corrected chi connectivity index (χ2v) is 8.95. The fraction of sp³-hybridized carbons (Fsp3) is 0.350. The van der Waals surface area contributed by atoms with E-state index >= 15 is 0 Å². The maximum Gasteiger partial charge on any atom is 0.416 e. The molecule has 0 fully saturated rings. The fourth-order valence-corrected chi connectivity index (χ4v) is 4.37. The number of aliphatic hydroxyl groups is 1. The van der Waals surface area contributed by atoms with Gasteiger partial charge >= 0.3 is 6.18 Å². The van der Waals surface area contributed by atoms with Crippen LogP contribution in [-0.2, 0) is 21.7 Å². The van der Waals surface area contributed by atoms with Crippen molar-refractivity contribution in [2.45, 2.75) is 38.1 Å². The molecule has 10 heteroatoms. The number of halogens is 3. The zero-order valence-corrected chi connectivity index (χ0v) is 17.4. The summed E-state index contributed by atoms with van der Waals surface area (Å²) in [6.45, 7) is 3.35. The Morgan fingerprint density at radius 1 is 1.13 bits per heavy atom. The summed E-state index contributed by atoms with van der Waals surface area (Å²) < 4.78 is 66.3. The van der Waals surface area contributed by atoms with Gasteiger partial charge in [0.1, 0.15) is 5.54 Å². The van der Waals surface area contributed by atoms with Crippen LogP contribution in [0.4, 0.5) is 18.9 Å². The Hall–Kier alpha value is -2.59. The first-order valence-electron chi connectivity index (χ1n) is 9.21. The van der Waals surface area contributed by atoms with Gasteiger partial charge in [-0.15, -0.1) is 0 Å². The molecule has 0 amide bonds. The molecule has 0 aliphatic heterocycles. The van der Waals surface area contributed by atoms with Crippen molar-refractivity contribution < 1.29 is 26.7 Å². The minimum atomic E-state index is -4.47. The summed E-state index contributed by atoms with van der Waals surface area (Å²) in [5.41, 5.74) is -0.628. The highest BCUT2D eigenvalue weighted by Gasteiger charge is 2.40. The third-order valence-corrected chi connectivity index (χ3v) is 5.82. The van der Waals surface area contributed by atoms with Gasteiger partial charge in [0.15, 0.2) is 0 Å². The number of hydrogen-bond acceptors (Lipinski definition) is 4. The smallest absolute Gasteiger partial charge is 0.391 e. The van der Waals surface area contributed by atoms with Crippen molar-refractivity contribution in [3.8, 4) is 0 Å². The van der Waals surface area contributed by atoms with Crippen molar-refractivity contribution in [2.75, 3.05) is 11.0 Å². The number of nitrogens with zero attached hydrogens (tertiary/aromatic N) is 2. The minimum Gasteiger partial charge on any atom is -0.391 e. The highest BCUT2D eigenvalue weighted by Crippen LogP contribution is 2.39. The third kappa shape index (κ3) is 3.89. The van der Waals surface area contributed by atoms with Gasteiger partial charge in [0.05, 0.1) is 35.3 Å². The topological polar surface area (TPSA) is 84.2 Å². The largest absolute Gasteiger partial charge is 0.416 e. The zero-order chi connectivity index (χ0) is 22.3. The summed E-state index contributed by atoms with van der Waals surface area (Å²) >= 11 is 0. The van der Waals surface area contributed by atoms with E-state index in [0.717, 1.165) is 18.4 Å². The van der Waals surface area contributed by atoms with Crippen molar-refractivity contribution in [1.29, 1.82) is 0 Å². The first kappa shape index (κ1) is 22.1. The van der Waals surface area contributed by atoms with Crippen LogP contribution in [0.1, 0.15) is 31.4 Å². The van der Waals surface area contributed by atoms with Crippen LogP contribution >= 0.6 is 0 Å². The molecular formula is C20H22F3N3O3S. The molecule has 0 radical (unpaired) electrons. The molecule has 162 valence electrons. The fourth-order valence-electron chi connectivity index (χ4n) is 3.80. The van der Waals surface area contributed by atoms with Crippen LogP contribution < -0.4 is 4.72 Å². The molecule has 2 N–H and O–H groups in total. The van der Waals surface area contributed by atoms with Gasteiger partial charge in [-0.2, -0.15) is 18.3 Å². The lowest BCUT2D eigenvalue weighted by Crippen LogP contribution is -2.45. The Labute approximate surface area is 172 Å². The van der Waals surface area contributed by atoms with Crippen LogP contribution in [0.3, 0.4) is 0 Å². The van der Waals surface area contributed by atoms with Gasteiger partial charge in [-0.1, -0.05) is 25.1 Å². The summed E-state index contributed by atoms with van der Waals surface area (Å²) in [6.07, 6.45) is -2.64. The Morgan fingerprint density at radius 2 is 1.73 bits per heavy atom. The number of benzene rings is 2. The maximum absolute atomic E-state index is 13.0. The molecule has 0 aliphatic carbocycles. The Morgan fingerprint density at radius 3 is 2.23 bits per heavy atom. The van der Waals surface area contributed by atoms with E-state index in [2.05, 4.69) is 9.82 Å². The first-order valence-corrected chi connectivity index (χ1v) is 11.1. The number of rotatable bonds is 6. The molecule has 0 spiro atoms. The summed E-state index contributed by atoms with van der Waals surface area (Å²) in [5, 5.41) is 15.6. The second kappa shape index (κ2) is 7.59. The van der Waals surface area contributed by atoms with Crippen molar-refractivity contribution in [3.63, 3.8) is 0 Å². The van der Waals surface area contributed by atoms with E-state index in [1.165, 1.54) is 18.3 Å². The van der Waals surface area contributed by atoms with Gasteiger partial charge in [-0.05, 0) is 43.2 Å².